The Morgan fingerprint density at radius 3 is 2.57 bits per heavy atom. The molecule has 0 spiro atoms. The van der Waals surface area contributed by atoms with E-state index in [4.69, 9.17) is 4.74 Å². The molecule has 2 aromatic rings. The molecule has 1 aliphatic heterocycles. The summed E-state index contributed by atoms with van der Waals surface area (Å²) in [6, 6.07) is 12.5. The number of rotatable bonds is 8. The molecule has 0 amide bonds. The van der Waals surface area contributed by atoms with Gasteiger partial charge < -0.3 is 20.3 Å². The minimum atomic E-state index is 0. The number of hydrogen-bond donors (Lipinski definition) is 2. The fourth-order valence-corrected chi connectivity index (χ4v) is 3.52. The van der Waals surface area contributed by atoms with Crippen molar-refractivity contribution in [1.82, 2.24) is 15.6 Å². The topological polar surface area (TPSA) is 61.8 Å². The van der Waals surface area contributed by atoms with Crippen LogP contribution >= 0.6 is 24.0 Å². The molecule has 2 aliphatic rings. The van der Waals surface area contributed by atoms with E-state index in [-0.39, 0.29) is 24.0 Å². The van der Waals surface area contributed by atoms with E-state index in [9.17, 15) is 0 Å². The van der Waals surface area contributed by atoms with E-state index in [0.29, 0.717) is 13.1 Å². The van der Waals surface area contributed by atoms with Gasteiger partial charge in [-0.25, -0.2) is 4.98 Å². The summed E-state index contributed by atoms with van der Waals surface area (Å²) in [7, 11) is 1.79. The molecular weight excluding hydrogens is 489 g/mol. The zero-order valence-corrected chi connectivity index (χ0v) is 20.0. The highest BCUT2D eigenvalue weighted by Gasteiger charge is 2.22. The van der Waals surface area contributed by atoms with Crippen LogP contribution in [0.2, 0.25) is 0 Å². The van der Waals surface area contributed by atoms with Crippen LogP contribution in [0.25, 0.3) is 0 Å². The van der Waals surface area contributed by atoms with Gasteiger partial charge in [0.05, 0.1) is 6.61 Å². The molecule has 0 unspecified atom stereocenters. The third-order valence-corrected chi connectivity index (χ3v) is 5.51. The zero-order valence-electron chi connectivity index (χ0n) is 17.6. The number of aromatic nitrogens is 1. The highest BCUT2D eigenvalue weighted by Crippen LogP contribution is 2.30. The van der Waals surface area contributed by atoms with E-state index in [1.807, 2.05) is 24.4 Å². The van der Waals surface area contributed by atoms with Crippen LogP contribution in [-0.2, 0) is 13.1 Å². The van der Waals surface area contributed by atoms with Crippen LogP contribution in [0.4, 0.5) is 5.82 Å². The summed E-state index contributed by atoms with van der Waals surface area (Å²) in [6.45, 7) is 4.42. The highest BCUT2D eigenvalue weighted by atomic mass is 127. The Hall–Kier alpha value is -2.03. The van der Waals surface area contributed by atoms with Crippen LogP contribution in [0.1, 0.15) is 36.8 Å². The monoisotopic (exact) mass is 521 g/mol. The van der Waals surface area contributed by atoms with Gasteiger partial charge in [0.15, 0.2) is 5.96 Å². The van der Waals surface area contributed by atoms with Crippen molar-refractivity contribution in [3.8, 4) is 5.75 Å². The number of hydrogen-bond acceptors (Lipinski definition) is 4. The lowest BCUT2D eigenvalue weighted by atomic mass is 10.2. The molecule has 0 atom stereocenters. The maximum atomic E-state index is 6.00. The SMILES string of the molecule is CN=C(NCc1ccc(N2CCCC2)nc1)NCc1ccccc1OCC1CC1.I. The average molecular weight is 521 g/mol. The number of para-hydroxylation sites is 1. The van der Waals surface area contributed by atoms with Gasteiger partial charge in [-0.1, -0.05) is 24.3 Å². The molecule has 1 saturated heterocycles. The molecule has 30 heavy (non-hydrogen) atoms. The van der Waals surface area contributed by atoms with E-state index in [2.05, 4.69) is 43.7 Å². The quantitative estimate of drug-likeness (QED) is 0.313. The summed E-state index contributed by atoms with van der Waals surface area (Å²) >= 11 is 0. The molecule has 7 heteroatoms. The molecule has 1 aromatic carbocycles. The van der Waals surface area contributed by atoms with Gasteiger partial charge in [-0.3, -0.25) is 4.99 Å². The lowest BCUT2D eigenvalue weighted by Crippen LogP contribution is -2.36. The van der Waals surface area contributed by atoms with Crippen molar-refractivity contribution in [3.63, 3.8) is 0 Å². The molecule has 4 rings (SSSR count). The first-order chi connectivity index (χ1) is 14.3. The number of pyridine rings is 1. The fraction of sp³-hybridized carbons (Fsp3) is 0.478. The minimum Gasteiger partial charge on any atom is -0.493 e. The first-order valence-corrected chi connectivity index (χ1v) is 10.7. The first kappa shape index (κ1) is 22.7. The van der Waals surface area contributed by atoms with Gasteiger partial charge >= 0.3 is 0 Å². The van der Waals surface area contributed by atoms with Gasteiger partial charge in [-0.15, -0.1) is 24.0 Å². The maximum Gasteiger partial charge on any atom is 0.191 e. The van der Waals surface area contributed by atoms with E-state index < -0.39 is 0 Å². The summed E-state index contributed by atoms with van der Waals surface area (Å²) in [5.41, 5.74) is 2.29. The summed E-state index contributed by atoms with van der Waals surface area (Å²) in [5.74, 6) is 3.56. The normalized spacial score (nSPS) is 16.2. The number of benzene rings is 1. The molecule has 0 radical (unpaired) electrons. The second-order valence-electron chi connectivity index (χ2n) is 7.86. The third-order valence-electron chi connectivity index (χ3n) is 5.51. The molecule has 2 N–H and O–H groups in total. The molecule has 6 nitrogen and oxygen atoms in total. The van der Waals surface area contributed by atoms with Crippen LogP contribution in [0.15, 0.2) is 47.6 Å². The Kier molecular flexibility index (Phi) is 8.60. The molecule has 1 aromatic heterocycles. The fourth-order valence-electron chi connectivity index (χ4n) is 3.52. The number of anilines is 1. The first-order valence-electron chi connectivity index (χ1n) is 10.7. The minimum absolute atomic E-state index is 0. The van der Waals surface area contributed by atoms with Crippen molar-refractivity contribution in [2.24, 2.45) is 10.9 Å². The smallest absolute Gasteiger partial charge is 0.191 e. The largest absolute Gasteiger partial charge is 0.493 e. The Labute approximate surface area is 196 Å². The molecule has 2 fully saturated rings. The van der Waals surface area contributed by atoms with Gasteiger partial charge in [0.2, 0.25) is 0 Å². The van der Waals surface area contributed by atoms with Gasteiger partial charge in [-0.05, 0) is 49.3 Å². The number of halogens is 1. The molecule has 1 saturated carbocycles. The van der Waals surface area contributed by atoms with Crippen LogP contribution in [0.3, 0.4) is 0 Å². The van der Waals surface area contributed by atoms with Gasteiger partial charge in [0.25, 0.3) is 0 Å². The summed E-state index contributed by atoms with van der Waals surface area (Å²) < 4.78 is 6.00. The van der Waals surface area contributed by atoms with Crippen molar-refractivity contribution >= 4 is 35.8 Å². The molecule has 1 aliphatic carbocycles. The van der Waals surface area contributed by atoms with Crippen LogP contribution < -0.4 is 20.3 Å². The van der Waals surface area contributed by atoms with Crippen molar-refractivity contribution in [3.05, 3.63) is 53.7 Å². The van der Waals surface area contributed by atoms with Crippen molar-refractivity contribution in [1.29, 1.82) is 0 Å². The lowest BCUT2D eigenvalue weighted by molar-refractivity contribution is 0.296. The van der Waals surface area contributed by atoms with E-state index in [1.165, 1.54) is 25.7 Å². The number of nitrogens with one attached hydrogen (secondary N) is 2. The van der Waals surface area contributed by atoms with Crippen molar-refractivity contribution in [2.45, 2.75) is 38.8 Å². The molecule has 2 heterocycles. The number of aliphatic imine (C=N–C) groups is 1. The highest BCUT2D eigenvalue weighted by molar-refractivity contribution is 14.0. The Morgan fingerprint density at radius 2 is 1.87 bits per heavy atom. The predicted octanol–water partition coefficient (Wildman–Crippen LogP) is 3.95. The van der Waals surface area contributed by atoms with Gasteiger partial charge in [-0.2, -0.15) is 0 Å². The summed E-state index contributed by atoms with van der Waals surface area (Å²) in [5, 5.41) is 6.76. The second-order valence-corrected chi connectivity index (χ2v) is 7.86. The van der Waals surface area contributed by atoms with Crippen LogP contribution in [0.5, 0.6) is 5.75 Å². The van der Waals surface area contributed by atoms with Crippen molar-refractivity contribution < 1.29 is 4.74 Å². The Balaban J connectivity index is 0.00000256. The zero-order chi connectivity index (χ0) is 19.9. The Morgan fingerprint density at radius 1 is 1.10 bits per heavy atom. The van der Waals surface area contributed by atoms with Gasteiger partial charge in [0.1, 0.15) is 11.6 Å². The van der Waals surface area contributed by atoms with E-state index >= 15 is 0 Å². The predicted molar refractivity (Wildman–Crippen MR) is 133 cm³/mol. The van der Waals surface area contributed by atoms with E-state index in [1.54, 1.807) is 7.05 Å². The maximum absolute atomic E-state index is 6.00. The summed E-state index contributed by atoms with van der Waals surface area (Å²) in [6.07, 6.45) is 7.08. The summed E-state index contributed by atoms with van der Waals surface area (Å²) in [4.78, 5) is 11.3. The number of guanidine groups is 1. The van der Waals surface area contributed by atoms with Crippen molar-refractivity contribution in [2.75, 3.05) is 31.6 Å². The number of ether oxygens (including phenoxy) is 1. The van der Waals surface area contributed by atoms with Gasteiger partial charge in [0, 0.05) is 45.0 Å². The second kappa shape index (κ2) is 11.4. The molecule has 162 valence electrons. The van der Waals surface area contributed by atoms with Crippen LogP contribution in [0, 0.1) is 5.92 Å². The number of nitrogens with zero attached hydrogens (tertiary/aromatic N) is 3. The van der Waals surface area contributed by atoms with Crippen LogP contribution in [-0.4, -0.2) is 37.7 Å². The lowest BCUT2D eigenvalue weighted by Gasteiger charge is -2.17. The molecule has 0 bridgehead atoms. The van der Waals surface area contributed by atoms with E-state index in [0.717, 1.165) is 54.3 Å². The standard InChI is InChI=1S/C23H31N5O.HI/c1-24-23(26-15-19-10-11-22(25-14-19)28-12-4-5-13-28)27-16-20-6-2-3-7-21(20)29-17-18-8-9-18;/h2-3,6-7,10-11,14,18H,4-5,8-9,12-13,15-17H2,1H3,(H2,24,26,27);1H. The average Bonchev–Trinajstić information content (AvgIpc) is 3.44. The third kappa shape index (κ3) is 6.48. The Bertz CT molecular complexity index is 817. The molecular formula is C23H32IN5O.